The molecule has 2 heterocycles. The van der Waals surface area contributed by atoms with Crippen LogP contribution < -0.4 is 0 Å². The van der Waals surface area contributed by atoms with E-state index in [0.29, 0.717) is 0 Å². The lowest BCUT2D eigenvalue weighted by Gasteiger charge is -1.95. The molecule has 0 radical (unpaired) electrons. The van der Waals surface area contributed by atoms with Crippen LogP contribution in [0.25, 0.3) is 43.7 Å². The van der Waals surface area contributed by atoms with E-state index in [0.717, 1.165) is 33.0 Å². The highest BCUT2D eigenvalue weighted by molar-refractivity contribution is 6.03. The maximum Gasteiger partial charge on any atom is 0.182 e. The topological polar surface area (TPSA) is 52.1 Å². The maximum atomic E-state index is 5.21. The van der Waals surface area contributed by atoms with E-state index < -0.39 is 0 Å². The van der Waals surface area contributed by atoms with E-state index in [1.807, 2.05) is 48.5 Å². The van der Waals surface area contributed by atoms with E-state index in [-0.39, 0.29) is 0 Å². The Hall–Kier alpha value is -3.66. The number of rotatable bonds is 0. The van der Waals surface area contributed by atoms with Crippen molar-refractivity contribution in [3.05, 3.63) is 85.6 Å². The first-order valence-corrected chi connectivity index (χ1v) is 8.32. The van der Waals surface area contributed by atoms with Crippen LogP contribution in [0.5, 0.6) is 0 Å². The highest BCUT2D eigenvalue weighted by Gasteiger charge is 2.03. The average Bonchev–Trinajstić information content (AvgIpc) is 3.38. The minimum absolute atomic E-state index is 0.846. The van der Waals surface area contributed by atoms with Crippen molar-refractivity contribution in [1.29, 1.82) is 0 Å². The van der Waals surface area contributed by atoms with E-state index >= 15 is 0 Å². The summed E-state index contributed by atoms with van der Waals surface area (Å²) in [5.41, 5.74) is 3.58. The highest BCUT2D eigenvalue weighted by atomic mass is 16.3. The number of aromatic nitrogens is 2. The molecule has 0 saturated heterocycles. The zero-order valence-electron chi connectivity index (χ0n) is 13.8. The molecular weight excluding hydrogens is 324 g/mol. The number of oxazole rings is 2. The number of fused-ring (bicyclic) bond motifs is 6. The minimum atomic E-state index is 0.846. The molecule has 0 unspecified atom stereocenters. The summed E-state index contributed by atoms with van der Waals surface area (Å²) in [7, 11) is 0. The molecule has 4 aromatic carbocycles. The van der Waals surface area contributed by atoms with Crippen LogP contribution in [0.4, 0.5) is 0 Å². The Labute approximate surface area is 148 Å². The second-order valence-electron chi connectivity index (χ2n) is 5.97. The van der Waals surface area contributed by atoms with Gasteiger partial charge in [-0.05, 0) is 22.9 Å². The van der Waals surface area contributed by atoms with Crippen LogP contribution in [0.2, 0.25) is 0 Å². The van der Waals surface area contributed by atoms with Crippen molar-refractivity contribution < 1.29 is 8.83 Å². The first kappa shape index (κ1) is 14.7. The zero-order chi connectivity index (χ0) is 17.3. The van der Waals surface area contributed by atoms with Crippen LogP contribution >= 0.6 is 0 Å². The third kappa shape index (κ3) is 2.40. The van der Waals surface area contributed by atoms with Gasteiger partial charge in [0.25, 0.3) is 0 Å². The molecule has 0 atom stereocenters. The van der Waals surface area contributed by atoms with Crippen LogP contribution in [0.3, 0.4) is 0 Å². The Morgan fingerprint density at radius 2 is 0.962 bits per heavy atom. The summed E-state index contributed by atoms with van der Waals surface area (Å²) in [5, 5.41) is 4.69. The lowest BCUT2D eigenvalue weighted by atomic mass is 10.1. The van der Waals surface area contributed by atoms with Crippen molar-refractivity contribution in [2.24, 2.45) is 0 Å². The van der Waals surface area contributed by atoms with Gasteiger partial charge in [-0.3, -0.25) is 0 Å². The fourth-order valence-electron chi connectivity index (χ4n) is 3.20. The van der Waals surface area contributed by atoms with Gasteiger partial charge in [-0.1, -0.05) is 60.7 Å². The molecule has 2 aromatic heterocycles. The van der Waals surface area contributed by atoms with Gasteiger partial charge in [0, 0.05) is 10.8 Å². The molecule has 26 heavy (non-hydrogen) atoms. The van der Waals surface area contributed by atoms with E-state index in [1.54, 1.807) is 0 Å². The van der Waals surface area contributed by atoms with Crippen molar-refractivity contribution in [3.63, 3.8) is 0 Å². The smallest absolute Gasteiger partial charge is 0.182 e. The Morgan fingerprint density at radius 3 is 1.46 bits per heavy atom. The zero-order valence-corrected chi connectivity index (χ0v) is 13.8. The summed E-state index contributed by atoms with van der Waals surface area (Å²) in [6.45, 7) is 0. The third-order valence-electron chi connectivity index (χ3n) is 4.45. The minimum Gasteiger partial charge on any atom is -0.443 e. The van der Waals surface area contributed by atoms with Crippen LogP contribution in [0, 0.1) is 0 Å². The molecule has 6 aromatic rings. The van der Waals surface area contributed by atoms with Gasteiger partial charge in [0.1, 0.15) is 11.0 Å². The average molecular weight is 338 g/mol. The van der Waals surface area contributed by atoms with Crippen molar-refractivity contribution in [2.45, 2.75) is 0 Å². The van der Waals surface area contributed by atoms with E-state index in [4.69, 9.17) is 8.83 Å². The quantitative estimate of drug-likeness (QED) is 0.343. The Morgan fingerprint density at radius 1 is 0.500 bits per heavy atom. The molecular formula is C22H14N2O2. The van der Waals surface area contributed by atoms with Crippen molar-refractivity contribution >= 4 is 43.7 Å². The van der Waals surface area contributed by atoms with Gasteiger partial charge in [-0.15, -0.1) is 0 Å². The van der Waals surface area contributed by atoms with Gasteiger partial charge in [0.2, 0.25) is 0 Å². The molecule has 0 aliphatic rings. The Bertz CT molecular complexity index is 1240. The predicted octanol–water partition coefficient (Wildman–Crippen LogP) is 5.96. The predicted molar refractivity (Wildman–Crippen MR) is 103 cm³/mol. The second-order valence-corrected chi connectivity index (χ2v) is 5.97. The lowest BCUT2D eigenvalue weighted by Crippen LogP contribution is -1.73. The molecule has 0 saturated carbocycles. The summed E-state index contributed by atoms with van der Waals surface area (Å²) in [5.74, 6) is 0. The first-order chi connectivity index (χ1) is 12.9. The lowest BCUT2D eigenvalue weighted by molar-refractivity contribution is 0.602. The molecule has 4 nitrogen and oxygen atoms in total. The first-order valence-electron chi connectivity index (χ1n) is 8.32. The molecule has 6 rings (SSSR count). The summed E-state index contributed by atoms with van der Waals surface area (Å²) < 4.78 is 10.4. The number of nitrogens with zero attached hydrogens (tertiary/aromatic N) is 2. The number of hydrogen-bond donors (Lipinski definition) is 0. The maximum absolute atomic E-state index is 5.21. The fraction of sp³-hybridized carbons (Fsp3) is 0. The number of benzene rings is 4. The summed E-state index contributed by atoms with van der Waals surface area (Å²) in [6, 6.07) is 24.3. The van der Waals surface area contributed by atoms with Crippen LogP contribution in [-0.2, 0) is 0 Å². The van der Waals surface area contributed by atoms with Gasteiger partial charge in [0.15, 0.2) is 24.0 Å². The Kier molecular flexibility index (Phi) is 3.39. The summed E-state index contributed by atoms with van der Waals surface area (Å²) >= 11 is 0. The normalized spacial score (nSPS) is 11.1. The van der Waals surface area contributed by atoms with Gasteiger partial charge >= 0.3 is 0 Å². The largest absolute Gasteiger partial charge is 0.443 e. The molecule has 4 heteroatoms. The van der Waals surface area contributed by atoms with Gasteiger partial charge in [0.05, 0.1) is 0 Å². The molecule has 0 fully saturated rings. The van der Waals surface area contributed by atoms with Crippen molar-refractivity contribution in [1.82, 2.24) is 9.97 Å². The van der Waals surface area contributed by atoms with Crippen LogP contribution in [0.15, 0.2) is 94.4 Å². The fourth-order valence-corrected chi connectivity index (χ4v) is 3.20. The van der Waals surface area contributed by atoms with E-state index in [2.05, 4.69) is 34.2 Å². The molecule has 0 aliphatic heterocycles. The van der Waals surface area contributed by atoms with Gasteiger partial charge in [-0.2, -0.15) is 0 Å². The molecule has 0 N–H and O–H groups in total. The van der Waals surface area contributed by atoms with E-state index in [1.165, 1.54) is 23.6 Å². The van der Waals surface area contributed by atoms with Crippen LogP contribution in [-0.4, -0.2) is 9.97 Å². The SMILES string of the molecule is c1ccc2c(c1)ccc1ocnc12.c1ccc2c(c1)ccc1ocnc12. The van der Waals surface area contributed by atoms with E-state index in [9.17, 15) is 0 Å². The monoisotopic (exact) mass is 338 g/mol. The van der Waals surface area contributed by atoms with Gasteiger partial charge < -0.3 is 8.83 Å². The summed E-state index contributed by atoms with van der Waals surface area (Å²) in [4.78, 5) is 8.36. The van der Waals surface area contributed by atoms with Crippen molar-refractivity contribution in [2.75, 3.05) is 0 Å². The highest BCUT2D eigenvalue weighted by Crippen LogP contribution is 2.24. The molecule has 0 spiro atoms. The molecule has 0 bridgehead atoms. The standard InChI is InChI=1S/2C11H7NO/c2*1-2-4-9-8(3-1)5-6-10-11(9)12-7-13-10/h2*1-7H. The van der Waals surface area contributed by atoms with Crippen LogP contribution in [0.1, 0.15) is 0 Å². The number of hydrogen-bond acceptors (Lipinski definition) is 4. The summed E-state index contributed by atoms with van der Waals surface area (Å²) in [6.07, 6.45) is 2.97. The molecule has 124 valence electrons. The van der Waals surface area contributed by atoms with Crippen molar-refractivity contribution in [3.8, 4) is 0 Å². The molecule has 0 aliphatic carbocycles. The Balaban J connectivity index is 0.000000115. The molecule has 0 amide bonds. The second kappa shape index (κ2) is 6.01. The van der Waals surface area contributed by atoms with Gasteiger partial charge in [-0.25, -0.2) is 9.97 Å². The third-order valence-corrected chi connectivity index (χ3v) is 4.45.